The Kier molecular flexibility index (Phi) is 4.28. The molecule has 1 saturated heterocycles. The van der Waals surface area contributed by atoms with E-state index < -0.39 is 0 Å². The van der Waals surface area contributed by atoms with Crippen LogP contribution in [-0.4, -0.2) is 29.6 Å². The molecule has 0 saturated carbocycles. The summed E-state index contributed by atoms with van der Waals surface area (Å²) in [5.74, 6) is 0.229. The van der Waals surface area contributed by atoms with Gasteiger partial charge in [0.15, 0.2) is 0 Å². The molecule has 4 nitrogen and oxygen atoms in total. The minimum Gasteiger partial charge on any atom is -0.388 e. The van der Waals surface area contributed by atoms with Gasteiger partial charge in [0, 0.05) is 18.7 Å². The van der Waals surface area contributed by atoms with Crippen LogP contribution < -0.4 is 10.6 Å². The number of ether oxygens (including phenoxy) is 1. The summed E-state index contributed by atoms with van der Waals surface area (Å²) in [4.78, 5) is 2.34. The molecule has 0 amide bonds. The van der Waals surface area contributed by atoms with E-state index in [0.29, 0.717) is 6.42 Å². The van der Waals surface area contributed by atoms with E-state index in [4.69, 9.17) is 15.9 Å². The Bertz CT molecular complexity index is 496. The summed E-state index contributed by atoms with van der Waals surface area (Å²) in [5, 5.41) is 7.52. The largest absolute Gasteiger partial charge is 0.388 e. The van der Waals surface area contributed by atoms with Crippen LogP contribution >= 0.6 is 0 Å². The van der Waals surface area contributed by atoms with Crippen molar-refractivity contribution in [1.82, 2.24) is 0 Å². The molecule has 1 aromatic carbocycles. The van der Waals surface area contributed by atoms with Crippen molar-refractivity contribution in [3.8, 4) is 0 Å². The summed E-state index contributed by atoms with van der Waals surface area (Å²) in [6.07, 6.45) is 1.54. The van der Waals surface area contributed by atoms with Crippen molar-refractivity contribution >= 4 is 11.5 Å². The number of benzene rings is 1. The molecule has 1 aliphatic heterocycles. The zero-order valence-electron chi connectivity index (χ0n) is 13.5. The Labute approximate surface area is 127 Å². The predicted octanol–water partition coefficient (Wildman–Crippen LogP) is 3.17. The molecule has 4 heteroatoms. The average Bonchev–Trinajstić information content (AvgIpc) is 2.59. The first-order chi connectivity index (χ1) is 9.71. The zero-order chi connectivity index (χ0) is 15.7. The van der Waals surface area contributed by atoms with Crippen molar-refractivity contribution < 1.29 is 4.74 Å². The Morgan fingerprint density at radius 3 is 2.38 bits per heavy atom. The summed E-state index contributed by atoms with van der Waals surface area (Å²) < 4.78 is 6.23. The number of nitrogens with one attached hydrogen (secondary N) is 1. The highest BCUT2D eigenvalue weighted by molar-refractivity contribution is 5.77. The van der Waals surface area contributed by atoms with Crippen molar-refractivity contribution in [2.24, 2.45) is 5.73 Å². The average molecular weight is 289 g/mol. The molecular weight excluding hydrogens is 262 g/mol. The number of para-hydroxylation sites is 1. The van der Waals surface area contributed by atoms with Gasteiger partial charge in [0.05, 0.1) is 23.1 Å². The van der Waals surface area contributed by atoms with Crippen molar-refractivity contribution in [1.29, 1.82) is 5.41 Å². The highest BCUT2D eigenvalue weighted by Crippen LogP contribution is 2.41. The fourth-order valence-electron chi connectivity index (χ4n) is 3.34. The van der Waals surface area contributed by atoms with Crippen molar-refractivity contribution in [2.75, 3.05) is 11.4 Å². The van der Waals surface area contributed by atoms with Gasteiger partial charge in [0.1, 0.15) is 0 Å². The smallest absolute Gasteiger partial charge is 0.0923 e. The van der Waals surface area contributed by atoms with Crippen LogP contribution in [0, 0.1) is 5.41 Å². The molecule has 1 atom stereocenters. The predicted molar refractivity (Wildman–Crippen MR) is 88.0 cm³/mol. The van der Waals surface area contributed by atoms with Gasteiger partial charge in [-0.15, -0.1) is 0 Å². The molecule has 1 aromatic rings. The van der Waals surface area contributed by atoms with E-state index in [0.717, 1.165) is 18.7 Å². The molecule has 0 radical (unpaired) electrons. The Balaban J connectivity index is 2.29. The summed E-state index contributed by atoms with van der Waals surface area (Å²) in [6, 6.07) is 10.6. The van der Waals surface area contributed by atoms with Crippen LogP contribution in [0.5, 0.6) is 0 Å². The quantitative estimate of drug-likeness (QED) is 0.646. The van der Waals surface area contributed by atoms with Crippen molar-refractivity contribution in [3.63, 3.8) is 0 Å². The third-order valence-corrected chi connectivity index (χ3v) is 4.11. The number of hydrogen-bond donors (Lipinski definition) is 2. The van der Waals surface area contributed by atoms with Gasteiger partial charge in [-0.1, -0.05) is 18.2 Å². The number of rotatable bonds is 5. The van der Waals surface area contributed by atoms with Crippen LogP contribution in [0.15, 0.2) is 30.3 Å². The van der Waals surface area contributed by atoms with E-state index in [-0.39, 0.29) is 23.1 Å². The molecule has 0 aliphatic carbocycles. The van der Waals surface area contributed by atoms with Gasteiger partial charge < -0.3 is 15.4 Å². The van der Waals surface area contributed by atoms with Crippen molar-refractivity contribution in [2.45, 2.75) is 57.8 Å². The van der Waals surface area contributed by atoms with Gasteiger partial charge >= 0.3 is 0 Å². The molecule has 1 fully saturated rings. The Morgan fingerprint density at radius 1 is 1.29 bits per heavy atom. The summed E-state index contributed by atoms with van der Waals surface area (Å²) in [5.41, 5.74) is 6.38. The van der Waals surface area contributed by atoms with Gasteiger partial charge in [-0.3, -0.25) is 5.41 Å². The number of anilines is 1. The van der Waals surface area contributed by atoms with Gasteiger partial charge in [-0.05, 0) is 46.2 Å². The minimum absolute atomic E-state index is 0.128. The summed E-state index contributed by atoms with van der Waals surface area (Å²) in [6.45, 7) is 9.32. The Morgan fingerprint density at radius 2 is 1.90 bits per heavy atom. The lowest BCUT2D eigenvalue weighted by molar-refractivity contribution is -0.0679. The first kappa shape index (κ1) is 15.8. The lowest BCUT2D eigenvalue weighted by Crippen LogP contribution is -2.47. The maximum absolute atomic E-state index is 7.52. The fourth-order valence-corrected chi connectivity index (χ4v) is 3.34. The molecule has 3 N–H and O–H groups in total. The third kappa shape index (κ3) is 3.76. The number of amidine groups is 1. The van der Waals surface area contributed by atoms with Crippen molar-refractivity contribution in [3.05, 3.63) is 30.3 Å². The second-order valence-corrected chi connectivity index (χ2v) is 6.99. The normalized spacial score (nSPS) is 23.0. The number of hydrogen-bond acceptors (Lipinski definition) is 3. The molecule has 2 rings (SSSR count). The number of nitrogens with two attached hydrogens (primary N) is 1. The second kappa shape index (κ2) is 5.68. The maximum atomic E-state index is 7.52. The summed E-state index contributed by atoms with van der Waals surface area (Å²) in [7, 11) is 0. The van der Waals surface area contributed by atoms with E-state index in [1.54, 1.807) is 0 Å². The van der Waals surface area contributed by atoms with Crippen LogP contribution in [0.3, 0.4) is 0 Å². The SMILES string of the molecule is CC1(C)CC(N(CCC(=N)N)c2ccccc2)C(C)(C)O1. The molecule has 0 bridgehead atoms. The first-order valence-corrected chi connectivity index (χ1v) is 7.56. The van der Waals surface area contributed by atoms with Gasteiger partial charge in [-0.25, -0.2) is 0 Å². The van der Waals surface area contributed by atoms with E-state index >= 15 is 0 Å². The zero-order valence-corrected chi connectivity index (χ0v) is 13.5. The van der Waals surface area contributed by atoms with Crippen LogP contribution in [0.2, 0.25) is 0 Å². The van der Waals surface area contributed by atoms with Crippen LogP contribution in [-0.2, 0) is 4.74 Å². The highest BCUT2D eigenvalue weighted by atomic mass is 16.5. The maximum Gasteiger partial charge on any atom is 0.0923 e. The molecule has 0 spiro atoms. The third-order valence-electron chi connectivity index (χ3n) is 4.11. The van der Waals surface area contributed by atoms with Crippen LogP contribution in [0.25, 0.3) is 0 Å². The van der Waals surface area contributed by atoms with Gasteiger partial charge in [0.2, 0.25) is 0 Å². The highest BCUT2D eigenvalue weighted by Gasteiger charge is 2.48. The molecule has 0 aromatic heterocycles. The number of nitrogens with zero attached hydrogens (tertiary/aromatic N) is 1. The van der Waals surface area contributed by atoms with Crippen LogP contribution in [0.1, 0.15) is 40.5 Å². The standard InChI is InChI=1S/C17H27N3O/c1-16(2)12-14(17(3,4)21-16)20(11-10-15(18)19)13-8-6-5-7-9-13/h5-9,14H,10-12H2,1-4H3,(H3,18,19). The molecular formula is C17H27N3O. The molecule has 21 heavy (non-hydrogen) atoms. The Hall–Kier alpha value is -1.55. The lowest BCUT2D eigenvalue weighted by atomic mass is 9.92. The fraction of sp³-hybridized carbons (Fsp3) is 0.588. The second-order valence-electron chi connectivity index (χ2n) is 6.99. The first-order valence-electron chi connectivity index (χ1n) is 7.56. The van der Waals surface area contributed by atoms with E-state index in [1.807, 2.05) is 18.2 Å². The van der Waals surface area contributed by atoms with E-state index in [2.05, 4.69) is 44.7 Å². The summed E-state index contributed by atoms with van der Waals surface area (Å²) >= 11 is 0. The topological polar surface area (TPSA) is 62.3 Å². The van der Waals surface area contributed by atoms with E-state index in [1.165, 1.54) is 0 Å². The lowest BCUT2D eigenvalue weighted by Gasteiger charge is -2.38. The molecule has 1 aliphatic rings. The minimum atomic E-state index is -0.226. The molecule has 116 valence electrons. The monoisotopic (exact) mass is 289 g/mol. The van der Waals surface area contributed by atoms with Crippen LogP contribution in [0.4, 0.5) is 5.69 Å². The van der Waals surface area contributed by atoms with E-state index in [9.17, 15) is 0 Å². The van der Waals surface area contributed by atoms with Gasteiger partial charge in [0.25, 0.3) is 0 Å². The molecule has 1 unspecified atom stereocenters. The molecule has 1 heterocycles. The van der Waals surface area contributed by atoms with Gasteiger partial charge in [-0.2, -0.15) is 0 Å².